The van der Waals surface area contributed by atoms with E-state index in [-0.39, 0.29) is 23.2 Å². The average Bonchev–Trinajstić information content (AvgIpc) is 3.22. The van der Waals surface area contributed by atoms with Gasteiger partial charge in [-0.15, -0.1) is 0 Å². The number of halogens is 3. The maximum absolute atomic E-state index is 13.0. The van der Waals surface area contributed by atoms with Crippen LogP contribution in [-0.4, -0.2) is 50.3 Å². The summed E-state index contributed by atoms with van der Waals surface area (Å²) in [6, 6.07) is 10.5. The largest absolute Gasteiger partial charge is 0.493 e. The smallest absolute Gasteiger partial charge is 0.416 e. The number of benzene rings is 2. The summed E-state index contributed by atoms with van der Waals surface area (Å²) in [6.45, 7) is 4.12. The van der Waals surface area contributed by atoms with Crippen LogP contribution in [0.2, 0.25) is 0 Å². The molecule has 2 N–H and O–H groups in total. The number of urea groups is 1. The highest BCUT2D eigenvalue weighted by Gasteiger charge is 2.51. The molecule has 2 aromatic rings. The number of carbonyl (C=O) groups excluding carboxylic acids is 1. The third-order valence-electron chi connectivity index (χ3n) is 7.62. The van der Waals surface area contributed by atoms with Crippen LogP contribution in [0.4, 0.5) is 23.7 Å². The summed E-state index contributed by atoms with van der Waals surface area (Å²) in [6.07, 6.45) is 0.0339. The molecular weight excluding hydrogens is 471 g/mol. The Bertz CT molecular complexity index is 1080. The van der Waals surface area contributed by atoms with Crippen molar-refractivity contribution in [3.63, 3.8) is 0 Å². The second-order valence-electron chi connectivity index (χ2n) is 9.68. The van der Waals surface area contributed by atoms with Crippen LogP contribution in [0.15, 0.2) is 42.5 Å². The number of carbonyl (C=O) groups is 1. The zero-order chi connectivity index (χ0) is 25.9. The topological polar surface area (TPSA) is 62.8 Å². The van der Waals surface area contributed by atoms with Crippen molar-refractivity contribution >= 4 is 11.7 Å². The van der Waals surface area contributed by atoms with Crippen molar-refractivity contribution in [3.8, 4) is 11.5 Å². The molecule has 36 heavy (non-hydrogen) atoms. The lowest BCUT2D eigenvalue weighted by atomic mass is 9.65. The first-order valence-electron chi connectivity index (χ1n) is 12.4. The minimum Gasteiger partial charge on any atom is -0.493 e. The van der Waals surface area contributed by atoms with Crippen LogP contribution < -0.4 is 20.1 Å². The quantitative estimate of drug-likeness (QED) is 0.498. The van der Waals surface area contributed by atoms with Crippen molar-refractivity contribution in [3.05, 3.63) is 53.6 Å². The highest BCUT2D eigenvalue weighted by molar-refractivity contribution is 5.89. The van der Waals surface area contributed by atoms with E-state index in [0.717, 1.165) is 57.3 Å². The van der Waals surface area contributed by atoms with Crippen molar-refractivity contribution in [1.82, 2.24) is 10.2 Å². The number of nitrogens with one attached hydrogen (secondary N) is 2. The van der Waals surface area contributed by atoms with Gasteiger partial charge in [-0.1, -0.05) is 19.1 Å². The summed E-state index contributed by atoms with van der Waals surface area (Å²) in [4.78, 5) is 15.2. The number of rotatable bonds is 7. The Morgan fingerprint density at radius 3 is 2.58 bits per heavy atom. The fourth-order valence-electron chi connectivity index (χ4n) is 5.94. The van der Waals surface area contributed by atoms with Crippen LogP contribution in [-0.2, 0) is 11.6 Å². The first-order valence-corrected chi connectivity index (χ1v) is 12.4. The summed E-state index contributed by atoms with van der Waals surface area (Å²) < 4.78 is 50.1. The molecule has 0 radical (unpaired) electrons. The number of fused-ring (bicyclic) bond motifs is 1. The van der Waals surface area contributed by atoms with Crippen molar-refractivity contribution in [2.24, 2.45) is 0 Å². The molecule has 1 aliphatic heterocycles. The molecule has 0 bridgehead atoms. The van der Waals surface area contributed by atoms with Crippen LogP contribution in [0, 0.1) is 0 Å². The van der Waals surface area contributed by atoms with E-state index in [4.69, 9.17) is 9.47 Å². The molecule has 6 nitrogen and oxygen atoms in total. The van der Waals surface area contributed by atoms with Gasteiger partial charge in [0.25, 0.3) is 0 Å². The summed E-state index contributed by atoms with van der Waals surface area (Å²) in [5.74, 6) is 1.40. The van der Waals surface area contributed by atoms with Gasteiger partial charge >= 0.3 is 12.2 Å². The second kappa shape index (κ2) is 10.6. The number of nitrogens with zero attached hydrogens (tertiary/aromatic N) is 1. The molecule has 2 fully saturated rings. The molecule has 1 heterocycles. The van der Waals surface area contributed by atoms with E-state index < -0.39 is 17.8 Å². The minimum atomic E-state index is -4.46. The van der Waals surface area contributed by atoms with Gasteiger partial charge in [0.1, 0.15) is 0 Å². The van der Waals surface area contributed by atoms with Gasteiger partial charge in [-0.3, -0.25) is 4.90 Å². The van der Waals surface area contributed by atoms with Gasteiger partial charge in [0.2, 0.25) is 0 Å². The molecule has 196 valence electrons. The van der Waals surface area contributed by atoms with Gasteiger partial charge in [-0.25, -0.2) is 4.79 Å². The predicted octanol–water partition coefficient (Wildman–Crippen LogP) is 5.82. The molecule has 2 amide bonds. The van der Waals surface area contributed by atoms with Crippen LogP contribution in [0.5, 0.6) is 11.5 Å². The Labute approximate surface area is 210 Å². The molecular formula is C27H34F3N3O3. The standard InChI is InChI=1S/C27H34F3N3O3/c1-4-13-33-14-12-26(18-8-9-22(35-2)23(16-18)36-3)11-10-21(17-24(26)33)32-25(34)31-20-7-5-6-19(15-20)27(28,29)30/h5-9,15-16,21,24H,4,10-14,17H2,1-3H3,(H2,31,32,34)/t21-,24+,26+/m1/s1. The lowest BCUT2D eigenvalue weighted by Crippen LogP contribution is -2.53. The summed E-state index contributed by atoms with van der Waals surface area (Å²) >= 11 is 0. The molecule has 1 saturated carbocycles. The van der Waals surface area contributed by atoms with Crippen molar-refractivity contribution in [2.45, 2.75) is 62.7 Å². The number of hydrogen-bond donors (Lipinski definition) is 2. The van der Waals surface area contributed by atoms with Crippen LogP contribution in [0.25, 0.3) is 0 Å². The van der Waals surface area contributed by atoms with E-state index in [1.165, 1.54) is 17.7 Å². The number of anilines is 1. The van der Waals surface area contributed by atoms with E-state index in [0.29, 0.717) is 11.5 Å². The third kappa shape index (κ3) is 5.26. The van der Waals surface area contributed by atoms with Gasteiger partial charge in [-0.2, -0.15) is 13.2 Å². The van der Waals surface area contributed by atoms with Crippen LogP contribution >= 0.6 is 0 Å². The average molecular weight is 506 g/mol. The lowest BCUT2D eigenvalue weighted by Gasteiger charge is -2.45. The first kappa shape index (κ1) is 26.1. The number of hydrogen-bond acceptors (Lipinski definition) is 4. The summed E-state index contributed by atoms with van der Waals surface area (Å²) in [5, 5.41) is 5.58. The van der Waals surface area contributed by atoms with E-state index in [1.807, 2.05) is 6.07 Å². The summed E-state index contributed by atoms with van der Waals surface area (Å²) in [5.41, 5.74) is 0.491. The van der Waals surface area contributed by atoms with Crippen LogP contribution in [0.3, 0.4) is 0 Å². The van der Waals surface area contributed by atoms with Crippen LogP contribution in [0.1, 0.15) is 50.2 Å². The highest BCUT2D eigenvalue weighted by Crippen LogP contribution is 2.50. The lowest BCUT2D eigenvalue weighted by molar-refractivity contribution is -0.137. The Hall–Kier alpha value is -2.94. The Kier molecular flexibility index (Phi) is 7.68. The second-order valence-corrected chi connectivity index (χ2v) is 9.68. The summed E-state index contributed by atoms with van der Waals surface area (Å²) in [7, 11) is 3.26. The Balaban J connectivity index is 1.50. The zero-order valence-corrected chi connectivity index (χ0v) is 21.0. The molecule has 3 atom stereocenters. The van der Waals surface area contributed by atoms with E-state index in [1.54, 1.807) is 14.2 Å². The zero-order valence-electron chi connectivity index (χ0n) is 21.0. The molecule has 0 spiro atoms. The maximum atomic E-state index is 13.0. The molecule has 2 aromatic carbocycles. The fourth-order valence-corrected chi connectivity index (χ4v) is 5.94. The number of amides is 2. The highest BCUT2D eigenvalue weighted by atomic mass is 19.4. The Morgan fingerprint density at radius 2 is 1.89 bits per heavy atom. The van der Waals surface area contributed by atoms with E-state index in [9.17, 15) is 18.0 Å². The molecule has 1 saturated heterocycles. The Morgan fingerprint density at radius 1 is 1.11 bits per heavy atom. The fraction of sp³-hybridized carbons (Fsp3) is 0.519. The van der Waals surface area contributed by atoms with Crippen molar-refractivity contribution in [2.75, 3.05) is 32.6 Å². The molecule has 0 unspecified atom stereocenters. The van der Waals surface area contributed by atoms with Gasteiger partial charge in [0.15, 0.2) is 11.5 Å². The minimum absolute atomic E-state index is 0.0512. The third-order valence-corrected chi connectivity index (χ3v) is 7.62. The SMILES string of the molecule is CCCN1CC[C@]2(c3ccc(OC)c(OC)c3)CC[C@@H](NC(=O)Nc3cccc(C(F)(F)F)c3)C[C@H]12. The number of alkyl halides is 3. The normalized spacial score (nSPS) is 24.2. The molecule has 4 rings (SSSR count). The van der Waals surface area contributed by atoms with E-state index in [2.05, 4.69) is 34.6 Å². The molecule has 1 aliphatic carbocycles. The van der Waals surface area contributed by atoms with Gasteiger partial charge in [0.05, 0.1) is 19.8 Å². The van der Waals surface area contributed by atoms with Gasteiger partial charge < -0.3 is 20.1 Å². The monoisotopic (exact) mass is 505 g/mol. The number of methoxy groups -OCH3 is 2. The van der Waals surface area contributed by atoms with Crippen molar-refractivity contribution in [1.29, 1.82) is 0 Å². The number of ether oxygens (including phenoxy) is 2. The van der Waals surface area contributed by atoms with Crippen molar-refractivity contribution < 1.29 is 27.4 Å². The number of likely N-dealkylation sites (tertiary alicyclic amines) is 1. The van der Waals surface area contributed by atoms with Gasteiger partial charge in [-0.05, 0) is 81.1 Å². The molecule has 2 aliphatic rings. The maximum Gasteiger partial charge on any atom is 0.416 e. The van der Waals surface area contributed by atoms with Gasteiger partial charge in [0, 0.05) is 23.2 Å². The molecule has 0 aromatic heterocycles. The molecule has 9 heteroatoms. The first-order chi connectivity index (χ1) is 17.2. The van der Waals surface area contributed by atoms with E-state index >= 15 is 0 Å². The predicted molar refractivity (Wildman–Crippen MR) is 133 cm³/mol.